The maximum absolute atomic E-state index is 13.4. The fourth-order valence-electron chi connectivity index (χ4n) is 4.39. The molecule has 0 saturated carbocycles. The average molecular weight is 516 g/mol. The molecule has 0 bridgehead atoms. The number of amides is 1. The van der Waals surface area contributed by atoms with E-state index < -0.39 is 23.7 Å². The fourth-order valence-corrected chi connectivity index (χ4v) is 4.39. The molecule has 0 spiro atoms. The Morgan fingerprint density at radius 1 is 0.974 bits per heavy atom. The molecule has 8 heteroatoms. The second-order valence-electron chi connectivity index (χ2n) is 8.86. The van der Waals surface area contributed by atoms with Crippen LogP contribution < -0.4 is 9.64 Å². The standard InChI is InChI=1S/C30H29NO7/c1-4-15-38-24-14-11-20(16-18(24)3)27(33)25-26(19-9-12-23(32)13-10-19)31(29(35)28(25)34)22-8-6-7-21(17-22)30(36)37-5-2/h6-14,16-17,26,32-33H,4-5,15H2,1-3H3/b27-25+. The predicted octanol–water partition coefficient (Wildman–Crippen LogP) is 5.29. The molecule has 3 aromatic carbocycles. The van der Waals surface area contributed by atoms with Crippen LogP contribution in [0.2, 0.25) is 0 Å². The topological polar surface area (TPSA) is 113 Å². The molecule has 196 valence electrons. The monoisotopic (exact) mass is 515 g/mol. The summed E-state index contributed by atoms with van der Waals surface area (Å²) < 4.78 is 10.8. The van der Waals surface area contributed by atoms with E-state index in [4.69, 9.17) is 9.47 Å². The summed E-state index contributed by atoms with van der Waals surface area (Å²) in [7, 11) is 0. The van der Waals surface area contributed by atoms with Crippen LogP contribution in [-0.4, -0.2) is 41.1 Å². The van der Waals surface area contributed by atoms with Gasteiger partial charge in [0, 0.05) is 11.3 Å². The van der Waals surface area contributed by atoms with E-state index in [9.17, 15) is 24.6 Å². The highest BCUT2D eigenvalue weighted by molar-refractivity contribution is 6.51. The Hall–Kier alpha value is -4.59. The number of carbonyl (C=O) groups excluding carboxylic acids is 3. The third-order valence-electron chi connectivity index (χ3n) is 6.20. The van der Waals surface area contributed by atoms with Gasteiger partial charge in [0.05, 0.1) is 30.4 Å². The van der Waals surface area contributed by atoms with Crippen LogP contribution in [0.5, 0.6) is 11.5 Å². The highest BCUT2D eigenvalue weighted by Crippen LogP contribution is 2.43. The van der Waals surface area contributed by atoms with E-state index in [0.717, 1.165) is 12.0 Å². The van der Waals surface area contributed by atoms with Crippen LogP contribution in [0.25, 0.3) is 5.76 Å². The number of ether oxygens (including phenoxy) is 2. The van der Waals surface area contributed by atoms with E-state index in [2.05, 4.69) is 0 Å². The highest BCUT2D eigenvalue weighted by atomic mass is 16.5. The number of aromatic hydroxyl groups is 1. The van der Waals surface area contributed by atoms with E-state index in [1.165, 1.54) is 23.1 Å². The van der Waals surface area contributed by atoms with Crippen molar-refractivity contribution in [3.05, 3.63) is 94.6 Å². The zero-order valence-electron chi connectivity index (χ0n) is 21.4. The lowest BCUT2D eigenvalue weighted by Gasteiger charge is -2.26. The minimum absolute atomic E-state index is 0.00769. The SMILES string of the molecule is CCCOc1ccc(/C(O)=C2\C(=O)C(=O)N(c3cccc(C(=O)OCC)c3)C2c2ccc(O)cc2)cc1C. The molecule has 0 aliphatic carbocycles. The number of aryl methyl sites for hydroxylation is 1. The molecule has 4 rings (SSSR count). The van der Waals surface area contributed by atoms with E-state index in [0.29, 0.717) is 23.5 Å². The molecular weight excluding hydrogens is 486 g/mol. The number of ketones is 1. The first-order valence-corrected chi connectivity index (χ1v) is 12.4. The second-order valence-corrected chi connectivity index (χ2v) is 8.86. The molecule has 1 heterocycles. The third kappa shape index (κ3) is 5.11. The molecule has 1 aliphatic rings. The van der Waals surface area contributed by atoms with Crippen LogP contribution in [0, 0.1) is 6.92 Å². The van der Waals surface area contributed by atoms with Crippen LogP contribution in [0.15, 0.2) is 72.3 Å². The largest absolute Gasteiger partial charge is 0.508 e. The molecule has 1 saturated heterocycles. The van der Waals surface area contributed by atoms with E-state index in [1.54, 1.807) is 55.5 Å². The summed E-state index contributed by atoms with van der Waals surface area (Å²) in [6, 6.07) is 16.3. The molecule has 0 radical (unpaired) electrons. The Balaban J connectivity index is 1.86. The van der Waals surface area contributed by atoms with Crippen molar-refractivity contribution in [2.45, 2.75) is 33.2 Å². The van der Waals surface area contributed by atoms with Crippen molar-refractivity contribution in [2.75, 3.05) is 18.1 Å². The van der Waals surface area contributed by atoms with Gasteiger partial charge in [-0.05, 0) is 79.9 Å². The summed E-state index contributed by atoms with van der Waals surface area (Å²) in [6.45, 7) is 6.25. The van der Waals surface area contributed by atoms with Crippen LogP contribution in [-0.2, 0) is 14.3 Å². The lowest BCUT2D eigenvalue weighted by molar-refractivity contribution is -0.132. The van der Waals surface area contributed by atoms with Crippen LogP contribution in [0.4, 0.5) is 5.69 Å². The summed E-state index contributed by atoms with van der Waals surface area (Å²) in [4.78, 5) is 40.4. The molecule has 0 aromatic heterocycles. The van der Waals surface area contributed by atoms with Crippen molar-refractivity contribution in [1.82, 2.24) is 0 Å². The Morgan fingerprint density at radius 3 is 2.37 bits per heavy atom. The maximum Gasteiger partial charge on any atom is 0.338 e. The minimum atomic E-state index is -1.01. The summed E-state index contributed by atoms with van der Waals surface area (Å²) >= 11 is 0. The first-order valence-electron chi connectivity index (χ1n) is 12.4. The number of aliphatic hydroxyl groups is 1. The molecule has 2 N–H and O–H groups in total. The zero-order chi connectivity index (χ0) is 27.4. The van der Waals surface area contributed by atoms with Crippen molar-refractivity contribution in [1.29, 1.82) is 0 Å². The van der Waals surface area contributed by atoms with Gasteiger partial charge in [-0.2, -0.15) is 0 Å². The number of Topliss-reactive ketones (excluding diaryl/α,β-unsaturated/α-hetero) is 1. The van der Waals surface area contributed by atoms with Crippen molar-refractivity contribution in [2.24, 2.45) is 0 Å². The summed E-state index contributed by atoms with van der Waals surface area (Å²) in [5, 5.41) is 21.2. The molecule has 1 amide bonds. The van der Waals surface area contributed by atoms with E-state index >= 15 is 0 Å². The van der Waals surface area contributed by atoms with Crippen LogP contribution >= 0.6 is 0 Å². The van der Waals surface area contributed by atoms with Crippen molar-refractivity contribution in [3.8, 4) is 11.5 Å². The number of phenolic OH excluding ortho intramolecular Hbond substituents is 1. The number of carbonyl (C=O) groups is 3. The summed E-state index contributed by atoms with van der Waals surface area (Å²) in [6.07, 6.45) is 0.842. The second kappa shape index (κ2) is 11.2. The van der Waals surface area contributed by atoms with Gasteiger partial charge in [0.25, 0.3) is 11.7 Å². The van der Waals surface area contributed by atoms with Gasteiger partial charge < -0.3 is 19.7 Å². The lowest BCUT2D eigenvalue weighted by Crippen LogP contribution is -2.29. The van der Waals surface area contributed by atoms with E-state index in [1.807, 2.05) is 13.8 Å². The third-order valence-corrected chi connectivity index (χ3v) is 6.20. The molecule has 1 atom stereocenters. The summed E-state index contributed by atoms with van der Waals surface area (Å²) in [5.41, 5.74) is 2.00. The molecule has 1 unspecified atom stereocenters. The number of phenols is 1. The van der Waals surface area contributed by atoms with Gasteiger partial charge in [0.2, 0.25) is 0 Å². The maximum atomic E-state index is 13.4. The number of hydrogen-bond acceptors (Lipinski definition) is 7. The summed E-state index contributed by atoms with van der Waals surface area (Å²) in [5.74, 6) is -1.96. The van der Waals surface area contributed by atoms with Gasteiger partial charge in [0.1, 0.15) is 17.3 Å². The van der Waals surface area contributed by atoms with Crippen molar-refractivity contribution in [3.63, 3.8) is 0 Å². The van der Waals surface area contributed by atoms with Gasteiger partial charge in [-0.25, -0.2) is 4.79 Å². The fraction of sp³-hybridized carbons (Fsp3) is 0.233. The zero-order valence-corrected chi connectivity index (χ0v) is 21.4. The molecule has 1 fully saturated rings. The first-order chi connectivity index (χ1) is 18.3. The van der Waals surface area contributed by atoms with Gasteiger partial charge in [0.15, 0.2) is 0 Å². The highest BCUT2D eigenvalue weighted by Gasteiger charge is 2.47. The van der Waals surface area contributed by atoms with Gasteiger partial charge in [-0.1, -0.05) is 25.1 Å². The Labute approximate surface area is 220 Å². The van der Waals surface area contributed by atoms with Gasteiger partial charge >= 0.3 is 5.97 Å². The molecule has 3 aromatic rings. The van der Waals surface area contributed by atoms with Crippen LogP contribution in [0.1, 0.15) is 53.4 Å². The molecule has 1 aliphatic heterocycles. The number of hydrogen-bond donors (Lipinski definition) is 2. The molecule has 8 nitrogen and oxygen atoms in total. The number of aliphatic hydroxyl groups excluding tert-OH is 1. The van der Waals surface area contributed by atoms with Crippen molar-refractivity contribution < 1.29 is 34.1 Å². The normalized spacial score (nSPS) is 16.5. The quantitative estimate of drug-likeness (QED) is 0.181. The Bertz CT molecular complexity index is 1410. The Kier molecular flexibility index (Phi) is 7.81. The number of nitrogens with zero attached hydrogens (tertiary/aromatic N) is 1. The molecule has 38 heavy (non-hydrogen) atoms. The lowest BCUT2D eigenvalue weighted by atomic mass is 9.94. The van der Waals surface area contributed by atoms with Gasteiger partial charge in [-0.15, -0.1) is 0 Å². The van der Waals surface area contributed by atoms with Crippen LogP contribution in [0.3, 0.4) is 0 Å². The van der Waals surface area contributed by atoms with Crippen molar-refractivity contribution >= 4 is 29.1 Å². The average Bonchev–Trinajstić information content (AvgIpc) is 3.18. The van der Waals surface area contributed by atoms with E-state index in [-0.39, 0.29) is 34.9 Å². The van der Waals surface area contributed by atoms with Gasteiger partial charge in [-0.3, -0.25) is 14.5 Å². The Morgan fingerprint density at radius 2 is 1.71 bits per heavy atom. The number of anilines is 1. The number of benzene rings is 3. The number of rotatable bonds is 8. The number of esters is 1. The predicted molar refractivity (Wildman–Crippen MR) is 142 cm³/mol. The minimum Gasteiger partial charge on any atom is -0.508 e. The smallest absolute Gasteiger partial charge is 0.338 e. The molecular formula is C30H29NO7. The first kappa shape index (κ1) is 26.5.